The van der Waals surface area contributed by atoms with E-state index < -0.39 is 0 Å². The maximum atomic E-state index is 4.55. The fraction of sp³-hybridized carbons (Fsp3) is 0.417. The molecular formula is C12H16N2S. The van der Waals surface area contributed by atoms with E-state index in [1.807, 2.05) is 0 Å². The lowest BCUT2D eigenvalue weighted by atomic mass is 10.2. The first kappa shape index (κ1) is 10.4. The highest BCUT2D eigenvalue weighted by Gasteiger charge is 2.03. The number of thiazole rings is 1. The zero-order valence-electron chi connectivity index (χ0n) is 9.37. The Hall–Kier alpha value is -1.09. The highest BCUT2D eigenvalue weighted by molar-refractivity contribution is 7.22. The zero-order chi connectivity index (χ0) is 10.8. The van der Waals surface area contributed by atoms with Crippen LogP contribution >= 0.6 is 11.3 Å². The van der Waals surface area contributed by atoms with Gasteiger partial charge in [-0.15, -0.1) is 0 Å². The number of benzene rings is 1. The molecule has 0 unspecified atom stereocenters. The molecule has 2 nitrogen and oxygen atoms in total. The summed E-state index contributed by atoms with van der Waals surface area (Å²) in [5.41, 5.74) is 2.37. The lowest BCUT2D eigenvalue weighted by Gasteiger charge is -2.03. The molecule has 1 aromatic carbocycles. The van der Waals surface area contributed by atoms with Crippen LogP contribution in [0.5, 0.6) is 0 Å². The molecule has 0 saturated heterocycles. The molecular weight excluding hydrogens is 204 g/mol. The molecule has 0 spiro atoms. The van der Waals surface area contributed by atoms with Gasteiger partial charge in [0, 0.05) is 6.54 Å². The van der Waals surface area contributed by atoms with E-state index in [-0.39, 0.29) is 0 Å². The molecule has 2 aromatic rings. The van der Waals surface area contributed by atoms with E-state index in [1.54, 1.807) is 11.3 Å². The molecule has 2 rings (SSSR count). The van der Waals surface area contributed by atoms with Gasteiger partial charge >= 0.3 is 0 Å². The van der Waals surface area contributed by atoms with E-state index in [9.17, 15) is 0 Å². The highest BCUT2D eigenvalue weighted by Crippen LogP contribution is 2.26. The van der Waals surface area contributed by atoms with Crippen LogP contribution in [-0.4, -0.2) is 11.5 Å². The maximum absolute atomic E-state index is 4.55. The van der Waals surface area contributed by atoms with Gasteiger partial charge in [0.15, 0.2) is 5.13 Å². The van der Waals surface area contributed by atoms with E-state index >= 15 is 0 Å². The van der Waals surface area contributed by atoms with Crippen LogP contribution in [0.4, 0.5) is 5.13 Å². The molecule has 15 heavy (non-hydrogen) atoms. The van der Waals surface area contributed by atoms with Gasteiger partial charge in [-0.05, 0) is 30.5 Å². The molecule has 0 bridgehead atoms. The second kappa shape index (κ2) is 4.19. The number of aryl methyl sites for hydroxylation is 1. The molecule has 0 aliphatic heterocycles. The predicted octanol–water partition coefficient (Wildman–Crippen LogP) is 3.67. The van der Waals surface area contributed by atoms with Crippen molar-refractivity contribution in [1.29, 1.82) is 0 Å². The summed E-state index contributed by atoms with van der Waals surface area (Å²) in [4.78, 5) is 4.55. The Morgan fingerprint density at radius 1 is 1.40 bits per heavy atom. The van der Waals surface area contributed by atoms with E-state index in [0.29, 0.717) is 5.92 Å². The maximum Gasteiger partial charge on any atom is 0.183 e. The topological polar surface area (TPSA) is 24.9 Å². The fourth-order valence-electron chi connectivity index (χ4n) is 1.40. The summed E-state index contributed by atoms with van der Waals surface area (Å²) in [5, 5.41) is 4.39. The lowest BCUT2D eigenvalue weighted by molar-refractivity contribution is 0.688. The average molecular weight is 220 g/mol. The van der Waals surface area contributed by atoms with Gasteiger partial charge in [0.1, 0.15) is 0 Å². The molecule has 1 N–H and O–H groups in total. The molecule has 0 aliphatic rings. The Balaban J connectivity index is 2.23. The van der Waals surface area contributed by atoms with E-state index in [1.165, 1.54) is 10.3 Å². The number of nitrogens with zero attached hydrogens (tertiary/aromatic N) is 1. The van der Waals surface area contributed by atoms with Gasteiger partial charge in [-0.3, -0.25) is 0 Å². The third kappa shape index (κ3) is 2.48. The van der Waals surface area contributed by atoms with Gasteiger partial charge in [-0.1, -0.05) is 31.3 Å². The minimum atomic E-state index is 0.652. The average Bonchev–Trinajstić information content (AvgIpc) is 2.56. The third-order valence-corrected chi connectivity index (χ3v) is 3.20. The number of hydrogen-bond acceptors (Lipinski definition) is 3. The second-order valence-electron chi connectivity index (χ2n) is 4.26. The quantitative estimate of drug-likeness (QED) is 0.853. The summed E-state index contributed by atoms with van der Waals surface area (Å²) in [6.07, 6.45) is 0. The highest BCUT2D eigenvalue weighted by atomic mass is 32.1. The summed E-state index contributed by atoms with van der Waals surface area (Å²) < 4.78 is 1.26. The molecule has 1 heterocycles. The number of aromatic nitrogens is 1. The van der Waals surface area contributed by atoms with Crippen LogP contribution in [0.1, 0.15) is 19.4 Å². The van der Waals surface area contributed by atoms with Crippen LogP contribution in [-0.2, 0) is 0 Å². The van der Waals surface area contributed by atoms with Gasteiger partial charge in [0.05, 0.1) is 10.2 Å². The van der Waals surface area contributed by atoms with Crippen molar-refractivity contribution in [2.75, 3.05) is 11.9 Å². The Kier molecular flexibility index (Phi) is 2.91. The van der Waals surface area contributed by atoms with Crippen LogP contribution in [0.25, 0.3) is 10.2 Å². The monoisotopic (exact) mass is 220 g/mol. The molecule has 0 amide bonds. The van der Waals surface area contributed by atoms with Crippen LogP contribution < -0.4 is 5.32 Å². The molecule has 3 heteroatoms. The van der Waals surface area contributed by atoms with Gasteiger partial charge in [0.2, 0.25) is 0 Å². The standard InChI is InChI=1S/C12H16N2S/c1-8(2)7-13-12-14-10-6-9(3)4-5-11(10)15-12/h4-6,8H,7H2,1-3H3,(H,13,14). The van der Waals surface area contributed by atoms with Crippen molar-refractivity contribution in [1.82, 2.24) is 4.98 Å². The fourth-order valence-corrected chi connectivity index (χ4v) is 2.26. The van der Waals surface area contributed by atoms with Gasteiger partial charge in [0.25, 0.3) is 0 Å². The van der Waals surface area contributed by atoms with E-state index in [2.05, 4.69) is 49.3 Å². The first-order chi connectivity index (χ1) is 7.15. The van der Waals surface area contributed by atoms with Crippen molar-refractivity contribution in [3.05, 3.63) is 23.8 Å². The molecule has 0 saturated carbocycles. The number of nitrogens with one attached hydrogen (secondary N) is 1. The van der Waals surface area contributed by atoms with Gasteiger partial charge in [-0.2, -0.15) is 0 Å². The number of anilines is 1. The SMILES string of the molecule is Cc1ccc2sc(NCC(C)C)nc2c1. The Labute approximate surface area is 94.3 Å². The summed E-state index contributed by atoms with van der Waals surface area (Å²) in [5.74, 6) is 0.652. The number of rotatable bonds is 3. The first-order valence-electron chi connectivity index (χ1n) is 5.26. The van der Waals surface area contributed by atoms with Crippen molar-refractivity contribution < 1.29 is 0 Å². The minimum Gasteiger partial charge on any atom is -0.361 e. The van der Waals surface area contributed by atoms with Crippen LogP contribution in [0.15, 0.2) is 18.2 Å². The predicted molar refractivity (Wildman–Crippen MR) is 67.7 cm³/mol. The normalized spacial score (nSPS) is 11.2. The van der Waals surface area contributed by atoms with Crippen molar-refractivity contribution in [3.8, 4) is 0 Å². The van der Waals surface area contributed by atoms with Crippen LogP contribution in [0, 0.1) is 12.8 Å². The second-order valence-corrected chi connectivity index (χ2v) is 5.30. The summed E-state index contributed by atoms with van der Waals surface area (Å²) >= 11 is 1.73. The van der Waals surface area contributed by atoms with E-state index in [4.69, 9.17) is 0 Å². The number of hydrogen-bond donors (Lipinski definition) is 1. The van der Waals surface area contributed by atoms with E-state index in [0.717, 1.165) is 17.2 Å². The Morgan fingerprint density at radius 3 is 2.93 bits per heavy atom. The zero-order valence-corrected chi connectivity index (χ0v) is 10.2. The molecule has 0 radical (unpaired) electrons. The number of fused-ring (bicyclic) bond motifs is 1. The lowest BCUT2D eigenvalue weighted by Crippen LogP contribution is -2.07. The minimum absolute atomic E-state index is 0.652. The molecule has 80 valence electrons. The third-order valence-electron chi connectivity index (χ3n) is 2.20. The summed E-state index contributed by atoms with van der Waals surface area (Å²) in [7, 11) is 0. The molecule has 0 fully saturated rings. The largest absolute Gasteiger partial charge is 0.361 e. The van der Waals surface area contributed by atoms with Gasteiger partial charge < -0.3 is 5.32 Å². The Morgan fingerprint density at radius 2 is 2.20 bits per heavy atom. The molecule has 0 aliphatic carbocycles. The Bertz CT molecular complexity index is 460. The first-order valence-corrected chi connectivity index (χ1v) is 6.08. The molecule has 0 atom stereocenters. The smallest absolute Gasteiger partial charge is 0.183 e. The summed E-state index contributed by atoms with van der Waals surface area (Å²) in [6.45, 7) is 7.48. The summed E-state index contributed by atoms with van der Waals surface area (Å²) in [6, 6.07) is 6.40. The van der Waals surface area contributed by atoms with Crippen molar-refractivity contribution in [2.24, 2.45) is 5.92 Å². The molecule has 1 aromatic heterocycles. The van der Waals surface area contributed by atoms with Crippen LogP contribution in [0.3, 0.4) is 0 Å². The van der Waals surface area contributed by atoms with Crippen molar-refractivity contribution in [3.63, 3.8) is 0 Å². The van der Waals surface area contributed by atoms with Crippen molar-refractivity contribution >= 4 is 26.7 Å². The van der Waals surface area contributed by atoms with Crippen molar-refractivity contribution in [2.45, 2.75) is 20.8 Å². The van der Waals surface area contributed by atoms with Crippen LogP contribution in [0.2, 0.25) is 0 Å². The van der Waals surface area contributed by atoms with Gasteiger partial charge in [-0.25, -0.2) is 4.98 Å².